The van der Waals surface area contributed by atoms with Crippen molar-refractivity contribution in [2.24, 2.45) is 11.8 Å². The second-order valence-corrected chi connectivity index (χ2v) is 20.4. The van der Waals surface area contributed by atoms with Gasteiger partial charge < -0.3 is 4.55 Å². The lowest BCUT2D eigenvalue weighted by molar-refractivity contribution is 0.195. The highest BCUT2D eigenvalue weighted by Crippen LogP contribution is 2.68. The largest absolute Gasteiger partial charge is 0.606 e. The molecule has 2 heteroatoms. The Labute approximate surface area is 368 Å². The summed E-state index contributed by atoms with van der Waals surface area (Å²) in [6.45, 7) is 4.46. The van der Waals surface area contributed by atoms with Gasteiger partial charge in [0.15, 0.2) is 9.79 Å². The van der Waals surface area contributed by atoms with Crippen LogP contribution in [0.3, 0.4) is 0 Å². The van der Waals surface area contributed by atoms with Crippen molar-refractivity contribution in [3.05, 3.63) is 237 Å². The van der Waals surface area contributed by atoms with E-state index in [2.05, 4.69) is 190 Å². The van der Waals surface area contributed by atoms with E-state index in [1.807, 2.05) is 0 Å². The summed E-state index contributed by atoms with van der Waals surface area (Å²) in [6.07, 6.45) is 5.98. The van der Waals surface area contributed by atoms with Gasteiger partial charge in [-0.1, -0.05) is 157 Å². The normalized spacial score (nSPS) is 20.1. The SMILES string of the molecule is Cc1ccc2c(c1)C1(c3ccccc3-c3ccccc31)c1cc([S+]([O-])c3ccc(CC[C@@H]4CCC5c6ccc(C)cc6C6(c7ccccc7-c7ccccc76)C5C4)cc3)ccc1-2. The molecule has 3 unspecified atom stereocenters. The second-order valence-electron chi connectivity index (χ2n) is 18.9. The van der Waals surface area contributed by atoms with Crippen molar-refractivity contribution in [2.45, 2.75) is 72.5 Å². The van der Waals surface area contributed by atoms with Crippen LogP contribution >= 0.6 is 0 Å². The fourth-order valence-electron chi connectivity index (χ4n) is 13.5. The highest BCUT2D eigenvalue weighted by atomic mass is 32.2. The van der Waals surface area contributed by atoms with Crippen LogP contribution in [-0.2, 0) is 28.4 Å². The lowest BCUT2D eigenvalue weighted by Gasteiger charge is -2.42. The Balaban J connectivity index is 0.791. The van der Waals surface area contributed by atoms with Crippen LogP contribution in [0.2, 0.25) is 0 Å². The Hall–Kier alpha value is -5.93. The van der Waals surface area contributed by atoms with Crippen molar-refractivity contribution in [3.63, 3.8) is 0 Å². The fraction of sp³-hybridized carbons (Fsp3) is 0.200. The first kappa shape index (κ1) is 36.7. The molecule has 8 aromatic carbocycles. The number of hydrogen-bond donors (Lipinski definition) is 0. The average Bonchev–Trinajstić information content (AvgIpc) is 3.99. The first-order valence-electron chi connectivity index (χ1n) is 22.7. The number of benzene rings is 8. The molecule has 0 saturated heterocycles. The van der Waals surface area contributed by atoms with E-state index in [0.29, 0.717) is 17.8 Å². The van der Waals surface area contributed by atoms with Crippen LogP contribution in [0.25, 0.3) is 33.4 Å². The van der Waals surface area contributed by atoms with Crippen molar-refractivity contribution in [1.29, 1.82) is 0 Å². The van der Waals surface area contributed by atoms with Crippen molar-refractivity contribution in [2.75, 3.05) is 0 Å². The molecule has 0 aromatic heterocycles. The summed E-state index contributed by atoms with van der Waals surface area (Å²) in [6, 6.07) is 66.0. The maximum absolute atomic E-state index is 14.6. The number of fused-ring (bicyclic) bond motifs is 20. The third kappa shape index (κ3) is 4.86. The van der Waals surface area contributed by atoms with E-state index in [9.17, 15) is 4.55 Å². The van der Waals surface area contributed by atoms with Gasteiger partial charge in [0.2, 0.25) is 0 Å². The van der Waals surface area contributed by atoms with Crippen molar-refractivity contribution in [3.8, 4) is 33.4 Å². The van der Waals surface area contributed by atoms with Crippen LogP contribution < -0.4 is 0 Å². The Morgan fingerprint density at radius 3 is 1.63 bits per heavy atom. The number of aryl methyl sites for hydroxylation is 3. The zero-order valence-electron chi connectivity index (χ0n) is 35.3. The molecule has 2 spiro atoms. The minimum absolute atomic E-state index is 0.0902. The summed E-state index contributed by atoms with van der Waals surface area (Å²) in [5.74, 6) is 1.79. The Bertz CT molecular complexity index is 3040. The maximum Gasteiger partial charge on any atom is 0.158 e. The molecule has 0 radical (unpaired) electrons. The second kappa shape index (κ2) is 13.5. The Morgan fingerprint density at radius 2 is 0.984 bits per heavy atom. The van der Waals surface area contributed by atoms with Gasteiger partial charge in [-0.25, -0.2) is 0 Å². The van der Waals surface area contributed by atoms with Crippen LogP contribution in [0, 0.1) is 25.7 Å². The molecule has 1 fully saturated rings. The molecule has 0 N–H and O–H groups in total. The topological polar surface area (TPSA) is 23.1 Å². The molecule has 5 aliphatic carbocycles. The van der Waals surface area contributed by atoms with Gasteiger partial charge in [-0.3, -0.25) is 0 Å². The highest BCUT2D eigenvalue weighted by Gasteiger charge is 2.59. The van der Waals surface area contributed by atoms with Gasteiger partial charge in [0, 0.05) is 11.2 Å². The van der Waals surface area contributed by atoms with Crippen LogP contribution in [0.1, 0.15) is 92.8 Å². The van der Waals surface area contributed by atoms with Crippen LogP contribution in [0.5, 0.6) is 0 Å². The molecule has 0 heterocycles. The molecular formula is C60H48OS. The Morgan fingerprint density at radius 1 is 0.484 bits per heavy atom. The molecule has 8 aromatic rings. The van der Waals surface area contributed by atoms with Gasteiger partial charge in [0.25, 0.3) is 0 Å². The van der Waals surface area contributed by atoms with E-state index in [1.165, 1.54) is 109 Å². The van der Waals surface area contributed by atoms with Gasteiger partial charge in [0.1, 0.15) is 0 Å². The molecule has 13 rings (SSSR count). The summed E-state index contributed by atoms with van der Waals surface area (Å²) in [4.78, 5) is 1.72. The quantitative estimate of drug-likeness (QED) is 0.159. The van der Waals surface area contributed by atoms with Gasteiger partial charge in [-0.2, -0.15) is 0 Å². The van der Waals surface area contributed by atoms with Gasteiger partial charge in [-0.05, 0) is 177 Å². The Kier molecular flexibility index (Phi) is 8.01. The van der Waals surface area contributed by atoms with E-state index in [4.69, 9.17) is 0 Å². The van der Waals surface area contributed by atoms with Crippen molar-refractivity contribution in [1.82, 2.24) is 0 Å². The van der Waals surface area contributed by atoms with E-state index >= 15 is 0 Å². The molecule has 0 amide bonds. The zero-order valence-corrected chi connectivity index (χ0v) is 36.1. The summed E-state index contributed by atoms with van der Waals surface area (Å²) >= 11 is -1.32. The molecule has 300 valence electrons. The van der Waals surface area contributed by atoms with Gasteiger partial charge >= 0.3 is 0 Å². The monoisotopic (exact) mass is 816 g/mol. The molecule has 5 aliphatic rings. The minimum Gasteiger partial charge on any atom is -0.606 e. The summed E-state index contributed by atoms with van der Waals surface area (Å²) in [7, 11) is 0. The summed E-state index contributed by atoms with van der Waals surface area (Å²) in [5.41, 5.74) is 22.7. The molecule has 0 aliphatic heterocycles. The summed E-state index contributed by atoms with van der Waals surface area (Å²) < 4.78 is 14.6. The van der Waals surface area contributed by atoms with Crippen LogP contribution in [0.4, 0.5) is 0 Å². The molecule has 1 nitrogen and oxygen atoms in total. The third-order valence-electron chi connectivity index (χ3n) is 16.0. The lowest BCUT2D eigenvalue weighted by atomic mass is 9.60. The lowest BCUT2D eigenvalue weighted by Crippen LogP contribution is -2.37. The number of hydrogen-bond acceptors (Lipinski definition) is 1. The van der Waals surface area contributed by atoms with E-state index in [1.54, 1.807) is 11.1 Å². The summed E-state index contributed by atoms with van der Waals surface area (Å²) in [5, 5.41) is 0. The van der Waals surface area contributed by atoms with Crippen LogP contribution in [-0.4, -0.2) is 4.55 Å². The fourth-order valence-corrected chi connectivity index (χ4v) is 14.6. The maximum atomic E-state index is 14.6. The predicted octanol–water partition coefficient (Wildman–Crippen LogP) is 14.3. The number of rotatable bonds is 5. The third-order valence-corrected chi connectivity index (χ3v) is 17.3. The van der Waals surface area contributed by atoms with E-state index in [-0.39, 0.29) is 5.41 Å². The standard InChI is InChI=1S/C60H48OS/c1-37-19-29-47-49-31-25-40(35-57(49)59(55(47)33-37)51-15-7-3-11-43(51)44-12-4-8-16-52(44)59)22-21-39-23-26-41(27-24-39)62(61)42-28-32-50-48-30-20-38(2)34-56(48)60(58(50)36-42)53-17-9-5-13-45(53)46-14-6-10-18-54(46)60/h3-20,23-24,26-30,32-34,36,40,49,57H,21-22,25,31,35H2,1-2H3/t40-,49?,57?,62?/m1/s1. The van der Waals surface area contributed by atoms with Crippen LogP contribution in [0.15, 0.2) is 186 Å². The van der Waals surface area contributed by atoms with Gasteiger partial charge in [-0.15, -0.1) is 0 Å². The first-order valence-corrected chi connectivity index (χ1v) is 23.9. The molecule has 62 heavy (non-hydrogen) atoms. The van der Waals surface area contributed by atoms with Crippen molar-refractivity contribution >= 4 is 11.2 Å². The zero-order chi connectivity index (χ0) is 41.3. The first-order chi connectivity index (χ1) is 30.5. The molecular weight excluding hydrogens is 769 g/mol. The van der Waals surface area contributed by atoms with E-state index < -0.39 is 16.6 Å². The predicted molar refractivity (Wildman–Crippen MR) is 253 cm³/mol. The average molecular weight is 817 g/mol. The molecule has 0 bridgehead atoms. The minimum atomic E-state index is -1.32. The smallest absolute Gasteiger partial charge is 0.158 e. The molecule has 4 atom stereocenters. The van der Waals surface area contributed by atoms with Crippen molar-refractivity contribution < 1.29 is 4.55 Å². The molecule has 1 saturated carbocycles. The highest BCUT2D eigenvalue weighted by molar-refractivity contribution is 7.91. The van der Waals surface area contributed by atoms with E-state index in [0.717, 1.165) is 16.2 Å². The van der Waals surface area contributed by atoms with Gasteiger partial charge in [0.05, 0.1) is 10.8 Å².